The molecule has 1 saturated heterocycles. The Balaban J connectivity index is 1.32. The number of rotatable bonds is 5. The highest BCUT2D eigenvalue weighted by atomic mass is 19.2. The quantitative estimate of drug-likeness (QED) is 0.586. The van der Waals surface area contributed by atoms with Crippen LogP contribution in [-0.4, -0.2) is 52.9 Å². The second-order valence-corrected chi connectivity index (χ2v) is 7.83. The molecule has 0 radical (unpaired) electrons. The second-order valence-electron chi connectivity index (χ2n) is 7.83. The minimum absolute atomic E-state index is 0.0841. The number of hydrogen-bond donors (Lipinski definition) is 0. The highest BCUT2D eigenvalue weighted by Gasteiger charge is 2.26. The first kappa shape index (κ1) is 22.4. The molecule has 172 valence electrons. The van der Waals surface area contributed by atoms with Crippen LogP contribution in [0.2, 0.25) is 0 Å². The van der Waals surface area contributed by atoms with Gasteiger partial charge in [-0.3, -0.25) is 9.59 Å². The van der Waals surface area contributed by atoms with Crippen LogP contribution in [-0.2, 0) is 6.61 Å². The summed E-state index contributed by atoms with van der Waals surface area (Å²) >= 11 is 0. The minimum Gasteiger partial charge on any atom is -0.489 e. The van der Waals surface area contributed by atoms with Gasteiger partial charge >= 0.3 is 0 Å². The Morgan fingerprint density at radius 2 is 1.48 bits per heavy atom. The number of carbonyl (C=O) groups excluding carboxylic acids is 2. The lowest BCUT2D eigenvalue weighted by molar-refractivity contribution is 0.0535. The molecule has 9 heteroatoms. The predicted octanol–water partition coefficient (Wildman–Crippen LogP) is 3.75. The molecule has 3 aromatic rings. The first-order chi connectivity index (χ1) is 15.8. The molecule has 0 atom stereocenters. The molecular formula is C24H23F2N3O4. The molecular weight excluding hydrogens is 432 g/mol. The highest BCUT2D eigenvalue weighted by molar-refractivity contribution is 5.96. The molecule has 0 unspecified atom stereocenters. The number of piperazine rings is 1. The number of ether oxygens (including phenoxy) is 1. The summed E-state index contributed by atoms with van der Waals surface area (Å²) in [6.45, 7) is 5.30. The fourth-order valence-electron chi connectivity index (χ4n) is 3.66. The topological polar surface area (TPSA) is 75.9 Å². The van der Waals surface area contributed by atoms with Gasteiger partial charge in [0, 0.05) is 37.3 Å². The summed E-state index contributed by atoms with van der Waals surface area (Å²) in [5.41, 5.74) is 2.27. The third-order valence-corrected chi connectivity index (χ3v) is 5.69. The number of halogens is 2. The van der Waals surface area contributed by atoms with E-state index in [9.17, 15) is 18.4 Å². The van der Waals surface area contributed by atoms with Gasteiger partial charge in [0.15, 0.2) is 11.6 Å². The van der Waals surface area contributed by atoms with Crippen molar-refractivity contribution in [2.45, 2.75) is 20.5 Å². The summed E-state index contributed by atoms with van der Waals surface area (Å²) in [7, 11) is 0. The van der Waals surface area contributed by atoms with Crippen LogP contribution in [0.15, 0.2) is 47.0 Å². The first-order valence-electron chi connectivity index (χ1n) is 10.5. The zero-order valence-corrected chi connectivity index (χ0v) is 18.3. The van der Waals surface area contributed by atoms with E-state index in [1.165, 1.54) is 11.0 Å². The molecule has 7 nitrogen and oxygen atoms in total. The van der Waals surface area contributed by atoms with Crippen LogP contribution in [0.1, 0.15) is 37.7 Å². The predicted molar refractivity (Wildman–Crippen MR) is 115 cm³/mol. The molecule has 2 heterocycles. The van der Waals surface area contributed by atoms with Crippen LogP contribution in [0.25, 0.3) is 0 Å². The van der Waals surface area contributed by atoms with E-state index >= 15 is 0 Å². The first-order valence-corrected chi connectivity index (χ1v) is 10.5. The van der Waals surface area contributed by atoms with Crippen molar-refractivity contribution in [3.05, 3.63) is 82.2 Å². The molecule has 0 aliphatic carbocycles. The normalized spacial score (nSPS) is 13.8. The Morgan fingerprint density at radius 1 is 0.909 bits per heavy atom. The van der Waals surface area contributed by atoms with Crippen molar-refractivity contribution < 1.29 is 27.6 Å². The average Bonchev–Trinajstić information content (AvgIpc) is 3.16. The number of benzene rings is 2. The summed E-state index contributed by atoms with van der Waals surface area (Å²) in [5.74, 6) is -1.26. The molecule has 2 aromatic carbocycles. The molecule has 4 rings (SSSR count). The van der Waals surface area contributed by atoms with Gasteiger partial charge in [0.25, 0.3) is 11.8 Å². The average molecular weight is 455 g/mol. The van der Waals surface area contributed by atoms with Crippen molar-refractivity contribution in [1.29, 1.82) is 0 Å². The lowest BCUT2D eigenvalue weighted by atomic mass is 10.1. The highest BCUT2D eigenvalue weighted by Crippen LogP contribution is 2.19. The van der Waals surface area contributed by atoms with Crippen LogP contribution < -0.4 is 4.74 Å². The third kappa shape index (κ3) is 4.87. The maximum absolute atomic E-state index is 13.4. The smallest absolute Gasteiger partial charge is 0.254 e. The monoisotopic (exact) mass is 455 g/mol. The van der Waals surface area contributed by atoms with Crippen LogP contribution >= 0.6 is 0 Å². The molecule has 1 aliphatic heterocycles. The van der Waals surface area contributed by atoms with Gasteiger partial charge in [-0.15, -0.1) is 0 Å². The number of aryl methyl sites for hydroxylation is 2. The summed E-state index contributed by atoms with van der Waals surface area (Å²) in [6, 6.07) is 9.94. The van der Waals surface area contributed by atoms with Crippen LogP contribution in [0, 0.1) is 25.5 Å². The Bertz CT molecular complexity index is 1150. The van der Waals surface area contributed by atoms with Crippen LogP contribution in [0.5, 0.6) is 5.75 Å². The molecule has 0 saturated carbocycles. The third-order valence-electron chi connectivity index (χ3n) is 5.69. The lowest BCUT2D eigenvalue weighted by Gasteiger charge is -2.35. The van der Waals surface area contributed by atoms with Crippen molar-refractivity contribution in [3.8, 4) is 5.75 Å². The van der Waals surface area contributed by atoms with Gasteiger partial charge in [0.1, 0.15) is 18.1 Å². The van der Waals surface area contributed by atoms with Gasteiger partial charge in [-0.2, -0.15) is 0 Å². The van der Waals surface area contributed by atoms with Gasteiger partial charge in [0.05, 0.1) is 11.3 Å². The van der Waals surface area contributed by atoms with Gasteiger partial charge in [0.2, 0.25) is 0 Å². The molecule has 0 N–H and O–H groups in total. The van der Waals surface area contributed by atoms with Crippen LogP contribution in [0.3, 0.4) is 0 Å². The molecule has 1 fully saturated rings. The fraction of sp³-hybridized carbons (Fsp3) is 0.292. The standard InChI is InChI=1S/C24H23F2N3O4/c1-15-20(16(2)33-27-15)14-32-19-6-3-17(4-7-19)23(30)28-9-11-29(12-10-28)24(31)18-5-8-21(25)22(26)13-18/h3-8,13H,9-12,14H2,1-2H3. The van der Waals surface area contributed by atoms with E-state index < -0.39 is 11.6 Å². The fourth-order valence-corrected chi connectivity index (χ4v) is 3.66. The van der Waals surface area contributed by atoms with Gasteiger partial charge in [-0.05, 0) is 56.3 Å². The Kier molecular flexibility index (Phi) is 6.39. The van der Waals surface area contributed by atoms with E-state index in [1.54, 1.807) is 29.2 Å². The van der Waals surface area contributed by atoms with E-state index in [4.69, 9.17) is 9.26 Å². The van der Waals surface area contributed by atoms with Crippen molar-refractivity contribution in [1.82, 2.24) is 15.0 Å². The zero-order chi connectivity index (χ0) is 23.5. The SMILES string of the molecule is Cc1noc(C)c1COc1ccc(C(=O)N2CCN(C(=O)c3ccc(F)c(F)c3)CC2)cc1. The lowest BCUT2D eigenvalue weighted by Crippen LogP contribution is -2.50. The Hall–Kier alpha value is -3.75. The summed E-state index contributed by atoms with van der Waals surface area (Å²) in [5, 5.41) is 3.90. The van der Waals surface area contributed by atoms with Gasteiger partial charge in [-0.1, -0.05) is 5.16 Å². The maximum atomic E-state index is 13.4. The molecule has 0 bridgehead atoms. The number of aromatic nitrogens is 1. The number of carbonyl (C=O) groups is 2. The van der Waals surface area contributed by atoms with Gasteiger partial charge in [-0.25, -0.2) is 8.78 Å². The van der Waals surface area contributed by atoms with E-state index in [-0.39, 0.29) is 17.4 Å². The number of nitrogens with zero attached hydrogens (tertiary/aromatic N) is 3. The number of amides is 2. The van der Waals surface area contributed by atoms with Gasteiger partial charge < -0.3 is 19.1 Å². The van der Waals surface area contributed by atoms with Crippen molar-refractivity contribution in [2.24, 2.45) is 0 Å². The molecule has 2 amide bonds. The maximum Gasteiger partial charge on any atom is 0.254 e. The van der Waals surface area contributed by atoms with Crippen molar-refractivity contribution >= 4 is 11.8 Å². The minimum atomic E-state index is -1.06. The largest absolute Gasteiger partial charge is 0.489 e. The second kappa shape index (κ2) is 9.40. The zero-order valence-electron chi connectivity index (χ0n) is 18.3. The molecule has 1 aliphatic rings. The van der Waals surface area contributed by atoms with E-state index in [2.05, 4.69) is 5.16 Å². The number of hydrogen-bond acceptors (Lipinski definition) is 5. The van der Waals surface area contributed by atoms with Crippen molar-refractivity contribution in [2.75, 3.05) is 26.2 Å². The Labute approximate surface area is 189 Å². The molecule has 33 heavy (non-hydrogen) atoms. The molecule has 1 aromatic heterocycles. The van der Waals surface area contributed by atoms with Crippen molar-refractivity contribution in [3.63, 3.8) is 0 Å². The van der Waals surface area contributed by atoms with E-state index in [1.807, 2.05) is 13.8 Å². The van der Waals surface area contributed by atoms with E-state index in [0.29, 0.717) is 49.9 Å². The summed E-state index contributed by atoms with van der Waals surface area (Å²) in [4.78, 5) is 28.6. The Morgan fingerprint density at radius 3 is 2.03 bits per heavy atom. The summed E-state index contributed by atoms with van der Waals surface area (Å²) < 4.78 is 37.4. The van der Waals surface area contributed by atoms with Crippen LogP contribution in [0.4, 0.5) is 8.78 Å². The van der Waals surface area contributed by atoms with E-state index in [0.717, 1.165) is 23.4 Å². The summed E-state index contributed by atoms with van der Waals surface area (Å²) in [6.07, 6.45) is 0. The molecule has 0 spiro atoms.